The van der Waals surface area contributed by atoms with Crippen molar-refractivity contribution in [2.24, 2.45) is 5.92 Å². The lowest BCUT2D eigenvalue weighted by Gasteiger charge is -2.28. The molecule has 3 atom stereocenters. The molecule has 2 heterocycles. The summed E-state index contributed by atoms with van der Waals surface area (Å²) >= 11 is 0. The van der Waals surface area contributed by atoms with E-state index in [1.807, 2.05) is 20.8 Å². The molecule has 2 bridgehead atoms. The van der Waals surface area contributed by atoms with E-state index in [-0.39, 0.29) is 10.7 Å². The Morgan fingerprint density at radius 2 is 1.85 bits per heavy atom. The van der Waals surface area contributed by atoms with Crippen molar-refractivity contribution in [1.29, 1.82) is 0 Å². The third-order valence-electron chi connectivity index (χ3n) is 4.34. The first-order valence-electron chi connectivity index (χ1n) is 7.76. The maximum absolute atomic E-state index is 11.9. The number of fused-ring (bicyclic) bond motifs is 2. The molecule has 2 saturated heterocycles. The van der Waals surface area contributed by atoms with E-state index in [1.165, 1.54) is 12.8 Å². The van der Waals surface area contributed by atoms with E-state index in [0.29, 0.717) is 36.7 Å². The van der Waals surface area contributed by atoms with Gasteiger partial charge < -0.3 is 10.6 Å². The number of carbonyl (C=O) groups excluding carboxylic acids is 1. The Balaban J connectivity index is 1.65. The number of nitrogens with one attached hydrogen (secondary N) is 2. The van der Waals surface area contributed by atoms with Gasteiger partial charge in [-0.2, -0.15) is 0 Å². The first-order valence-corrected chi connectivity index (χ1v) is 9.07. The molecule has 0 aromatic carbocycles. The molecule has 2 rings (SSSR count). The van der Waals surface area contributed by atoms with Crippen molar-refractivity contribution in [1.82, 2.24) is 10.6 Å². The average molecular weight is 300 g/mol. The Bertz CT molecular complexity index is 367. The lowest BCUT2D eigenvalue weighted by molar-refractivity contribution is -0.122. The highest BCUT2D eigenvalue weighted by atomic mass is 32.2. The molecule has 3 unspecified atom stereocenters. The molecule has 116 valence electrons. The maximum Gasteiger partial charge on any atom is 0.220 e. The van der Waals surface area contributed by atoms with Gasteiger partial charge in [0.15, 0.2) is 0 Å². The van der Waals surface area contributed by atoms with Gasteiger partial charge in [0.2, 0.25) is 5.91 Å². The monoisotopic (exact) mass is 300 g/mol. The van der Waals surface area contributed by atoms with Crippen LogP contribution in [0.3, 0.4) is 0 Å². The number of piperidine rings is 1. The van der Waals surface area contributed by atoms with Gasteiger partial charge in [0.25, 0.3) is 0 Å². The fourth-order valence-corrected chi connectivity index (χ4v) is 4.17. The smallest absolute Gasteiger partial charge is 0.220 e. The van der Waals surface area contributed by atoms with E-state index in [1.54, 1.807) is 0 Å². The Hall–Kier alpha value is -0.420. The summed E-state index contributed by atoms with van der Waals surface area (Å²) in [7, 11) is -0.887. The predicted octanol–water partition coefficient (Wildman–Crippen LogP) is 1.57. The second kappa shape index (κ2) is 6.56. The van der Waals surface area contributed by atoms with Gasteiger partial charge in [-0.25, -0.2) is 0 Å². The molecule has 0 spiro atoms. The molecule has 20 heavy (non-hydrogen) atoms. The van der Waals surface area contributed by atoms with Crippen LogP contribution in [0, 0.1) is 5.92 Å². The second-order valence-electron chi connectivity index (χ2n) is 7.19. The van der Waals surface area contributed by atoms with Gasteiger partial charge in [-0.1, -0.05) is 0 Å². The van der Waals surface area contributed by atoms with Gasteiger partial charge >= 0.3 is 0 Å². The molecule has 0 aromatic heterocycles. The van der Waals surface area contributed by atoms with Crippen LogP contribution in [-0.4, -0.2) is 39.2 Å². The highest BCUT2D eigenvalue weighted by Crippen LogP contribution is 2.32. The minimum absolute atomic E-state index is 0.127. The van der Waals surface area contributed by atoms with Gasteiger partial charge in [0.05, 0.1) is 0 Å². The fraction of sp³-hybridized carbons (Fsp3) is 0.933. The van der Waals surface area contributed by atoms with E-state index in [9.17, 15) is 9.00 Å². The zero-order valence-electron chi connectivity index (χ0n) is 12.9. The van der Waals surface area contributed by atoms with E-state index in [0.717, 1.165) is 12.8 Å². The number of carbonyl (C=O) groups is 1. The molecule has 2 N–H and O–H groups in total. The quantitative estimate of drug-likeness (QED) is 0.810. The number of hydrogen-bond acceptors (Lipinski definition) is 3. The van der Waals surface area contributed by atoms with Crippen LogP contribution in [0.5, 0.6) is 0 Å². The maximum atomic E-state index is 11.9. The van der Waals surface area contributed by atoms with Gasteiger partial charge in [-0.15, -0.1) is 0 Å². The Labute approximate surface area is 124 Å². The molecule has 0 aromatic rings. The Morgan fingerprint density at radius 1 is 1.25 bits per heavy atom. The van der Waals surface area contributed by atoms with Gasteiger partial charge in [0.1, 0.15) is 0 Å². The SMILES string of the molecule is CC(C)(C)S(=O)CCNC(=O)CC1CC2CCC(C1)N2. The summed E-state index contributed by atoms with van der Waals surface area (Å²) in [5, 5.41) is 6.53. The fourth-order valence-electron chi connectivity index (χ4n) is 3.27. The first-order chi connectivity index (χ1) is 9.34. The van der Waals surface area contributed by atoms with E-state index in [2.05, 4.69) is 10.6 Å². The highest BCUT2D eigenvalue weighted by Gasteiger charge is 2.34. The molecule has 2 aliphatic heterocycles. The molecule has 4 nitrogen and oxygen atoms in total. The average Bonchev–Trinajstić information content (AvgIpc) is 2.67. The molecule has 2 fully saturated rings. The Morgan fingerprint density at radius 3 is 2.40 bits per heavy atom. The van der Waals surface area contributed by atoms with Crippen molar-refractivity contribution in [2.75, 3.05) is 12.3 Å². The topological polar surface area (TPSA) is 58.2 Å². The third kappa shape index (κ3) is 4.55. The number of rotatable bonds is 5. The standard InChI is InChI=1S/C15H28N2O2S/c1-15(2,3)20(19)7-6-16-14(18)10-11-8-12-4-5-13(9-11)17-12/h11-13,17H,4-10H2,1-3H3,(H,16,18). The summed E-state index contributed by atoms with van der Waals surface area (Å²) in [6, 6.07) is 1.28. The molecule has 2 aliphatic rings. The van der Waals surface area contributed by atoms with Crippen LogP contribution in [0.2, 0.25) is 0 Å². The predicted molar refractivity (Wildman–Crippen MR) is 83.1 cm³/mol. The van der Waals surface area contributed by atoms with E-state index in [4.69, 9.17) is 0 Å². The summed E-state index contributed by atoms with van der Waals surface area (Å²) in [6.45, 7) is 6.43. The summed E-state index contributed by atoms with van der Waals surface area (Å²) < 4.78 is 11.7. The molecule has 1 amide bonds. The highest BCUT2D eigenvalue weighted by molar-refractivity contribution is 7.86. The van der Waals surface area contributed by atoms with Crippen LogP contribution < -0.4 is 10.6 Å². The van der Waals surface area contributed by atoms with Crippen molar-refractivity contribution in [3.8, 4) is 0 Å². The second-order valence-corrected chi connectivity index (χ2v) is 9.52. The minimum Gasteiger partial charge on any atom is -0.355 e. The number of hydrogen-bond donors (Lipinski definition) is 2. The molecular weight excluding hydrogens is 272 g/mol. The lowest BCUT2D eigenvalue weighted by Crippen LogP contribution is -2.40. The largest absolute Gasteiger partial charge is 0.355 e. The molecular formula is C15H28N2O2S. The van der Waals surface area contributed by atoms with Crippen LogP contribution in [0.1, 0.15) is 52.9 Å². The first kappa shape index (κ1) is 16.0. The minimum atomic E-state index is -0.887. The summed E-state index contributed by atoms with van der Waals surface area (Å²) in [4.78, 5) is 11.9. The van der Waals surface area contributed by atoms with Crippen molar-refractivity contribution in [2.45, 2.75) is 69.7 Å². The molecule has 0 saturated carbocycles. The third-order valence-corrected chi connectivity index (χ3v) is 6.28. The van der Waals surface area contributed by atoms with Crippen molar-refractivity contribution >= 4 is 16.7 Å². The zero-order chi connectivity index (χ0) is 14.8. The van der Waals surface area contributed by atoms with Gasteiger partial charge in [-0.3, -0.25) is 9.00 Å². The molecule has 5 heteroatoms. The van der Waals surface area contributed by atoms with Crippen LogP contribution in [0.4, 0.5) is 0 Å². The van der Waals surface area contributed by atoms with Crippen molar-refractivity contribution in [3.63, 3.8) is 0 Å². The van der Waals surface area contributed by atoms with Crippen molar-refractivity contribution in [3.05, 3.63) is 0 Å². The van der Waals surface area contributed by atoms with Crippen LogP contribution >= 0.6 is 0 Å². The molecule has 0 aliphatic carbocycles. The summed E-state index contributed by atoms with van der Waals surface area (Å²) in [5.74, 6) is 1.20. The zero-order valence-corrected chi connectivity index (χ0v) is 13.7. The van der Waals surface area contributed by atoms with E-state index < -0.39 is 10.8 Å². The Kier molecular flexibility index (Phi) is 5.24. The number of amides is 1. The van der Waals surface area contributed by atoms with Crippen LogP contribution in [0.25, 0.3) is 0 Å². The lowest BCUT2D eigenvalue weighted by atomic mass is 9.89. The van der Waals surface area contributed by atoms with Crippen LogP contribution in [-0.2, 0) is 15.6 Å². The normalized spacial score (nSPS) is 31.1. The molecule has 0 radical (unpaired) electrons. The van der Waals surface area contributed by atoms with E-state index >= 15 is 0 Å². The summed E-state index contributed by atoms with van der Waals surface area (Å²) in [6.07, 6.45) is 5.45. The van der Waals surface area contributed by atoms with Gasteiger partial charge in [0, 0.05) is 46.3 Å². The van der Waals surface area contributed by atoms with Crippen LogP contribution in [0.15, 0.2) is 0 Å². The van der Waals surface area contributed by atoms with Gasteiger partial charge in [-0.05, 0) is 52.4 Å². The van der Waals surface area contributed by atoms with Crippen molar-refractivity contribution < 1.29 is 9.00 Å². The summed E-state index contributed by atoms with van der Waals surface area (Å²) in [5.41, 5.74) is 0.